The van der Waals surface area contributed by atoms with E-state index < -0.39 is 17.5 Å². The van der Waals surface area contributed by atoms with Gasteiger partial charge in [0.25, 0.3) is 5.91 Å². The van der Waals surface area contributed by atoms with Crippen LogP contribution in [0.1, 0.15) is 36.0 Å². The van der Waals surface area contributed by atoms with Crippen molar-refractivity contribution in [1.82, 2.24) is 10.2 Å². The van der Waals surface area contributed by atoms with Crippen LogP contribution in [-0.2, 0) is 4.79 Å². The van der Waals surface area contributed by atoms with E-state index in [9.17, 15) is 18.4 Å². The largest absolute Gasteiger partial charge is 0.494 e. The Morgan fingerprint density at radius 1 is 1.07 bits per heavy atom. The highest BCUT2D eigenvalue weighted by Gasteiger charge is 2.24. The van der Waals surface area contributed by atoms with Crippen molar-refractivity contribution in [3.8, 4) is 5.75 Å². The Morgan fingerprint density at radius 3 is 2.48 bits per heavy atom. The zero-order valence-electron chi connectivity index (χ0n) is 16.1. The minimum atomic E-state index is -0.882. The van der Waals surface area contributed by atoms with Gasteiger partial charge < -0.3 is 15.0 Å². The summed E-state index contributed by atoms with van der Waals surface area (Å²) < 4.78 is 32.3. The van der Waals surface area contributed by atoms with Crippen LogP contribution in [0.5, 0.6) is 5.75 Å². The van der Waals surface area contributed by atoms with Crippen molar-refractivity contribution in [2.24, 2.45) is 0 Å². The Hall–Kier alpha value is -2.96. The molecule has 1 saturated heterocycles. The van der Waals surface area contributed by atoms with Crippen LogP contribution in [0.3, 0.4) is 0 Å². The molecule has 29 heavy (non-hydrogen) atoms. The Bertz CT molecular complexity index is 837. The van der Waals surface area contributed by atoms with Gasteiger partial charge in [0.15, 0.2) is 0 Å². The summed E-state index contributed by atoms with van der Waals surface area (Å²) in [6.45, 7) is 1.55. The fraction of sp³-hybridized carbons (Fsp3) is 0.364. The molecule has 0 bridgehead atoms. The van der Waals surface area contributed by atoms with Crippen LogP contribution in [0.25, 0.3) is 0 Å². The number of carbonyl (C=O) groups excluding carboxylic acids is 2. The fourth-order valence-electron chi connectivity index (χ4n) is 3.30. The fourth-order valence-corrected chi connectivity index (χ4v) is 3.30. The maximum atomic E-state index is 13.7. The van der Waals surface area contributed by atoms with E-state index in [1.54, 1.807) is 4.90 Å². The Balaban J connectivity index is 1.37. The number of nitrogens with one attached hydrogen (secondary N) is 1. The minimum Gasteiger partial charge on any atom is -0.494 e. The molecule has 0 aromatic heterocycles. The normalized spacial score (nSPS) is 14.5. The number of hydrogen-bond acceptors (Lipinski definition) is 3. The molecule has 1 fully saturated rings. The van der Waals surface area contributed by atoms with E-state index in [-0.39, 0.29) is 17.5 Å². The standard InChI is InChI=1S/C22H24F2N2O3/c23-16-8-9-19(20(24)15-16)22(28)25-17-10-12-26(13-11-17)21(27)7-4-14-29-18-5-2-1-3-6-18/h1-3,5-6,8-9,15,17H,4,7,10-14H2,(H,25,28). The molecule has 1 heterocycles. The van der Waals surface area contributed by atoms with Crippen LogP contribution in [-0.4, -0.2) is 42.5 Å². The van der Waals surface area contributed by atoms with Crippen LogP contribution in [0.4, 0.5) is 8.78 Å². The van der Waals surface area contributed by atoms with Gasteiger partial charge in [-0.3, -0.25) is 9.59 Å². The van der Waals surface area contributed by atoms with Crippen molar-refractivity contribution >= 4 is 11.8 Å². The van der Waals surface area contributed by atoms with Crippen LogP contribution in [0, 0.1) is 11.6 Å². The summed E-state index contributed by atoms with van der Waals surface area (Å²) in [6, 6.07) is 12.2. The van der Waals surface area contributed by atoms with Crippen molar-refractivity contribution in [1.29, 1.82) is 0 Å². The summed E-state index contributed by atoms with van der Waals surface area (Å²) in [7, 11) is 0. The van der Waals surface area contributed by atoms with E-state index in [1.807, 2.05) is 30.3 Å². The molecule has 2 amide bonds. The Morgan fingerprint density at radius 2 is 1.79 bits per heavy atom. The molecule has 0 radical (unpaired) electrons. The summed E-state index contributed by atoms with van der Waals surface area (Å²) in [5.74, 6) is -1.32. The van der Waals surface area contributed by atoms with Crippen LogP contribution >= 0.6 is 0 Å². The molecule has 0 saturated carbocycles. The van der Waals surface area contributed by atoms with Gasteiger partial charge in [0, 0.05) is 31.6 Å². The number of hydrogen-bond donors (Lipinski definition) is 1. The second-order valence-corrected chi connectivity index (χ2v) is 7.02. The monoisotopic (exact) mass is 402 g/mol. The number of amides is 2. The molecule has 0 unspecified atom stereocenters. The van der Waals surface area contributed by atoms with Crippen LogP contribution in [0.15, 0.2) is 48.5 Å². The summed E-state index contributed by atoms with van der Waals surface area (Å²) in [5, 5.41) is 2.77. The smallest absolute Gasteiger partial charge is 0.254 e. The zero-order valence-corrected chi connectivity index (χ0v) is 16.1. The predicted molar refractivity (Wildman–Crippen MR) is 105 cm³/mol. The van der Waals surface area contributed by atoms with Gasteiger partial charge >= 0.3 is 0 Å². The first-order chi connectivity index (χ1) is 14.0. The number of para-hydroxylation sites is 1. The first-order valence-electron chi connectivity index (χ1n) is 9.74. The highest BCUT2D eigenvalue weighted by Crippen LogP contribution is 2.15. The third-order valence-corrected chi connectivity index (χ3v) is 4.91. The third kappa shape index (κ3) is 6.01. The molecule has 3 rings (SSSR count). The zero-order chi connectivity index (χ0) is 20.6. The number of ether oxygens (including phenoxy) is 1. The van der Waals surface area contributed by atoms with Crippen LogP contribution in [0.2, 0.25) is 0 Å². The number of carbonyl (C=O) groups is 2. The maximum Gasteiger partial charge on any atom is 0.254 e. The molecule has 1 N–H and O–H groups in total. The lowest BCUT2D eigenvalue weighted by Gasteiger charge is -2.32. The Kier molecular flexibility index (Phi) is 7.16. The minimum absolute atomic E-state index is 0.0658. The van der Waals surface area contributed by atoms with Gasteiger partial charge in [-0.25, -0.2) is 8.78 Å². The maximum absolute atomic E-state index is 13.7. The molecular formula is C22H24F2N2O3. The number of halogens is 2. The first-order valence-corrected chi connectivity index (χ1v) is 9.74. The molecule has 0 aliphatic carbocycles. The average molecular weight is 402 g/mol. The highest BCUT2D eigenvalue weighted by molar-refractivity contribution is 5.94. The number of likely N-dealkylation sites (tertiary alicyclic amines) is 1. The van der Waals surface area contributed by atoms with Gasteiger partial charge in [0.05, 0.1) is 12.2 Å². The number of benzene rings is 2. The molecule has 1 aliphatic heterocycles. The van der Waals surface area contributed by atoms with E-state index in [0.29, 0.717) is 51.4 Å². The van der Waals surface area contributed by atoms with Crippen molar-refractivity contribution in [3.63, 3.8) is 0 Å². The van der Waals surface area contributed by atoms with Crippen molar-refractivity contribution in [3.05, 3.63) is 65.7 Å². The first kappa shape index (κ1) is 20.8. The van der Waals surface area contributed by atoms with Gasteiger partial charge in [0.2, 0.25) is 5.91 Å². The molecule has 2 aromatic rings. The molecular weight excluding hydrogens is 378 g/mol. The lowest BCUT2D eigenvalue weighted by molar-refractivity contribution is -0.132. The van der Waals surface area contributed by atoms with Gasteiger partial charge in [-0.15, -0.1) is 0 Å². The van der Waals surface area contributed by atoms with Crippen molar-refractivity contribution in [2.75, 3.05) is 19.7 Å². The summed E-state index contributed by atoms with van der Waals surface area (Å²) >= 11 is 0. The van der Waals surface area contributed by atoms with Gasteiger partial charge in [0.1, 0.15) is 17.4 Å². The van der Waals surface area contributed by atoms with Gasteiger partial charge in [-0.1, -0.05) is 18.2 Å². The topological polar surface area (TPSA) is 58.6 Å². The Labute approximate surface area is 168 Å². The molecule has 0 atom stereocenters. The van der Waals surface area contributed by atoms with Gasteiger partial charge in [-0.2, -0.15) is 0 Å². The van der Waals surface area contributed by atoms with E-state index in [2.05, 4.69) is 5.32 Å². The predicted octanol–water partition coefficient (Wildman–Crippen LogP) is 3.54. The van der Waals surface area contributed by atoms with E-state index in [0.717, 1.165) is 17.9 Å². The summed E-state index contributed by atoms with van der Waals surface area (Å²) in [5.41, 5.74) is -0.177. The average Bonchev–Trinajstić information content (AvgIpc) is 2.72. The number of nitrogens with zero attached hydrogens (tertiary/aromatic N) is 1. The lowest BCUT2D eigenvalue weighted by atomic mass is 10.0. The van der Waals surface area contributed by atoms with Gasteiger partial charge in [-0.05, 0) is 43.5 Å². The molecule has 1 aliphatic rings. The number of rotatable bonds is 7. The van der Waals surface area contributed by atoms with Crippen molar-refractivity contribution < 1.29 is 23.1 Å². The van der Waals surface area contributed by atoms with Crippen LogP contribution < -0.4 is 10.1 Å². The third-order valence-electron chi connectivity index (χ3n) is 4.91. The lowest BCUT2D eigenvalue weighted by Crippen LogP contribution is -2.46. The van der Waals surface area contributed by atoms with E-state index in [4.69, 9.17) is 4.74 Å². The SMILES string of the molecule is O=C(NC1CCN(C(=O)CCCOc2ccccc2)CC1)c1ccc(F)cc1F. The molecule has 2 aromatic carbocycles. The molecule has 5 nitrogen and oxygen atoms in total. The second kappa shape index (κ2) is 10.0. The van der Waals surface area contributed by atoms with E-state index in [1.165, 1.54) is 0 Å². The molecule has 7 heteroatoms. The second-order valence-electron chi connectivity index (χ2n) is 7.02. The van der Waals surface area contributed by atoms with Crippen molar-refractivity contribution in [2.45, 2.75) is 31.7 Å². The molecule has 0 spiro atoms. The summed E-state index contributed by atoms with van der Waals surface area (Å²) in [4.78, 5) is 26.3. The quantitative estimate of drug-likeness (QED) is 0.721. The van der Waals surface area contributed by atoms with E-state index >= 15 is 0 Å². The highest BCUT2D eigenvalue weighted by atomic mass is 19.1. The summed E-state index contributed by atoms with van der Waals surface area (Å²) in [6.07, 6.45) is 2.24. The number of piperidine rings is 1. The molecule has 154 valence electrons.